The normalized spacial score (nSPS) is 12.8. The second-order valence-electron chi connectivity index (χ2n) is 5.22. The summed E-state index contributed by atoms with van der Waals surface area (Å²) >= 11 is 1.89. The van der Waals surface area contributed by atoms with Crippen LogP contribution in [0.25, 0.3) is 0 Å². The molecule has 0 aliphatic heterocycles. The summed E-state index contributed by atoms with van der Waals surface area (Å²) in [6, 6.07) is 2.80. The van der Waals surface area contributed by atoms with E-state index in [0.29, 0.717) is 6.04 Å². The van der Waals surface area contributed by atoms with Gasteiger partial charge in [-0.25, -0.2) is 0 Å². The van der Waals surface area contributed by atoms with E-state index in [-0.39, 0.29) is 0 Å². The Hall–Kier alpha value is -0.340. The molecule has 1 heterocycles. The van der Waals surface area contributed by atoms with Crippen LogP contribution in [-0.4, -0.2) is 7.05 Å². The Morgan fingerprint density at radius 2 is 1.78 bits per heavy atom. The predicted molar refractivity (Wildman–Crippen MR) is 83.5 cm³/mol. The lowest BCUT2D eigenvalue weighted by Crippen LogP contribution is -2.15. The van der Waals surface area contributed by atoms with Crippen molar-refractivity contribution in [3.05, 3.63) is 21.9 Å². The van der Waals surface area contributed by atoms with E-state index >= 15 is 0 Å². The van der Waals surface area contributed by atoms with Crippen LogP contribution in [-0.2, 0) is 0 Å². The number of rotatable bonds is 10. The van der Waals surface area contributed by atoms with Gasteiger partial charge in [-0.05, 0) is 37.4 Å². The van der Waals surface area contributed by atoms with Crippen LogP contribution >= 0.6 is 11.3 Å². The van der Waals surface area contributed by atoms with E-state index in [1.54, 1.807) is 0 Å². The third-order valence-electron chi connectivity index (χ3n) is 3.66. The number of unbranched alkanes of at least 4 members (excludes halogenated alkanes) is 6. The van der Waals surface area contributed by atoms with Crippen LogP contribution in [0, 0.1) is 6.92 Å². The third-order valence-corrected chi connectivity index (χ3v) is 4.80. The van der Waals surface area contributed by atoms with Crippen molar-refractivity contribution in [3.63, 3.8) is 0 Å². The smallest absolute Gasteiger partial charge is 0.0415 e. The minimum Gasteiger partial charge on any atom is -0.312 e. The van der Waals surface area contributed by atoms with Crippen LogP contribution in [0.1, 0.15) is 74.8 Å². The molecule has 1 nitrogen and oxygen atoms in total. The van der Waals surface area contributed by atoms with Gasteiger partial charge in [0, 0.05) is 10.9 Å². The Balaban J connectivity index is 2.15. The van der Waals surface area contributed by atoms with E-state index in [9.17, 15) is 0 Å². The number of nitrogens with one attached hydrogen (secondary N) is 1. The van der Waals surface area contributed by atoms with E-state index in [1.807, 2.05) is 11.3 Å². The Kier molecular flexibility index (Phi) is 8.36. The van der Waals surface area contributed by atoms with Crippen LogP contribution in [0.5, 0.6) is 0 Å². The van der Waals surface area contributed by atoms with E-state index < -0.39 is 0 Å². The van der Waals surface area contributed by atoms with Crippen molar-refractivity contribution >= 4 is 11.3 Å². The van der Waals surface area contributed by atoms with Gasteiger partial charge in [-0.3, -0.25) is 0 Å². The highest BCUT2D eigenvalue weighted by Crippen LogP contribution is 2.27. The molecule has 1 atom stereocenters. The summed E-state index contributed by atoms with van der Waals surface area (Å²) in [5.41, 5.74) is 1.45. The highest BCUT2D eigenvalue weighted by atomic mass is 32.1. The zero-order chi connectivity index (χ0) is 13.2. The van der Waals surface area contributed by atoms with Gasteiger partial charge in [-0.15, -0.1) is 11.3 Å². The first-order chi connectivity index (χ1) is 8.79. The number of thiophene rings is 1. The highest BCUT2D eigenvalue weighted by Gasteiger charge is 2.12. The molecule has 0 spiro atoms. The van der Waals surface area contributed by atoms with Gasteiger partial charge in [0.15, 0.2) is 0 Å². The van der Waals surface area contributed by atoms with Crippen molar-refractivity contribution in [2.75, 3.05) is 7.05 Å². The molecule has 0 saturated heterocycles. The molecule has 0 fully saturated rings. The summed E-state index contributed by atoms with van der Waals surface area (Å²) in [6.07, 6.45) is 11.1. The molecule has 0 aliphatic carbocycles. The lowest BCUT2D eigenvalue weighted by Gasteiger charge is -2.15. The first-order valence-corrected chi connectivity index (χ1v) is 8.38. The summed E-state index contributed by atoms with van der Waals surface area (Å²) < 4.78 is 0. The Morgan fingerprint density at radius 3 is 2.33 bits per heavy atom. The molecule has 1 aromatic rings. The summed E-state index contributed by atoms with van der Waals surface area (Å²) in [7, 11) is 2.09. The zero-order valence-corrected chi connectivity index (χ0v) is 13.1. The zero-order valence-electron chi connectivity index (χ0n) is 12.3. The van der Waals surface area contributed by atoms with Crippen LogP contribution < -0.4 is 5.32 Å². The maximum absolute atomic E-state index is 3.47. The number of hydrogen-bond donors (Lipinski definition) is 1. The molecule has 0 aromatic carbocycles. The Labute approximate surface area is 117 Å². The number of aryl methyl sites for hydroxylation is 1. The Morgan fingerprint density at radius 1 is 1.11 bits per heavy atom. The summed E-state index contributed by atoms with van der Waals surface area (Å²) in [4.78, 5) is 1.53. The topological polar surface area (TPSA) is 12.0 Å². The van der Waals surface area contributed by atoms with Crippen molar-refractivity contribution in [1.82, 2.24) is 5.32 Å². The Bertz CT molecular complexity index is 306. The van der Waals surface area contributed by atoms with Gasteiger partial charge < -0.3 is 5.32 Å². The van der Waals surface area contributed by atoms with Crippen LogP contribution in [0.15, 0.2) is 11.4 Å². The molecule has 1 rings (SSSR count). The van der Waals surface area contributed by atoms with Crippen molar-refractivity contribution < 1.29 is 0 Å². The number of hydrogen-bond acceptors (Lipinski definition) is 2. The molecule has 104 valence electrons. The SMILES string of the molecule is CCCCCCCCCC(NC)c1sccc1C. The molecule has 1 unspecified atom stereocenters. The maximum atomic E-state index is 3.47. The average molecular weight is 267 g/mol. The van der Waals surface area contributed by atoms with Crippen LogP contribution in [0.3, 0.4) is 0 Å². The van der Waals surface area contributed by atoms with E-state index in [1.165, 1.54) is 61.8 Å². The second kappa shape index (κ2) is 9.57. The van der Waals surface area contributed by atoms with Crippen molar-refractivity contribution in [2.24, 2.45) is 0 Å². The monoisotopic (exact) mass is 267 g/mol. The molecule has 0 aliphatic rings. The third kappa shape index (κ3) is 5.53. The molecule has 0 radical (unpaired) electrons. The van der Waals surface area contributed by atoms with Gasteiger partial charge in [-0.1, -0.05) is 51.9 Å². The van der Waals surface area contributed by atoms with Gasteiger partial charge >= 0.3 is 0 Å². The molecule has 1 N–H and O–H groups in total. The molecule has 0 bridgehead atoms. The summed E-state index contributed by atoms with van der Waals surface area (Å²) in [6.45, 7) is 4.50. The van der Waals surface area contributed by atoms with Gasteiger partial charge in [0.05, 0.1) is 0 Å². The van der Waals surface area contributed by atoms with Crippen molar-refractivity contribution in [3.8, 4) is 0 Å². The second-order valence-corrected chi connectivity index (χ2v) is 6.17. The first kappa shape index (κ1) is 15.7. The van der Waals surface area contributed by atoms with Gasteiger partial charge in [-0.2, -0.15) is 0 Å². The minimum atomic E-state index is 0.570. The molecule has 0 saturated carbocycles. The minimum absolute atomic E-state index is 0.570. The highest BCUT2D eigenvalue weighted by molar-refractivity contribution is 7.10. The molecular formula is C16H29NS. The van der Waals surface area contributed by atoms with Crippen LogP contribution in [0.2, 0.25) is 0 Å². The standard InChI is InChI=1S/C16H29NS/c1-4-5-6-7-8-9-10-11-15(17-3)16-14(2)12-13-18-16/h12-13,15,17H,4-11H2,1-3H3. The predicted octanol–water partition coefficient (Wildman–Crippen LogP) is 5.46. The van der Waals surface area contributed by atoms with Crippen molar-refractivity contribution in [1.29, 1.82) is 0 Å². The van der Waals surface area contributed by atoms with E-state index in [2.05, 4.69) is 37.7 Å². The van der Waals surface area contributed by atoms with Gasteiger partial charge in [0.25, 0.3) is 0 Å². The average Bonchev–Trinajstić information content (AvgIpc) is 2.79. The van der Waals surface area contributed by atoms with Crippen LogP contribution in [0.4, 0.5) is 0 Å². The molecule has 2 heteroatoms. The summed E-state index contributed by atoms with van der Waals surface area (Å²) in [5.74, 6) is 0. The van der Waals surface area contributed by atoms with Gasteiger partial charge in [0.2, 0.25) is 0 Å². The maximum Gasteiger partial charge on any atom is 0.0415 e. The van der Waals surface area contributed by atoms with Crippen molar-refractivity contribution in [2.45, 2.75) is 71.3 Å². The van der Waals surface area contributed by atoms with E-state index in [4.69, 9.17) is 0 Å². The molecule has 1 aromatic heterocycles. The lowest BCUT2D eigenvalue weighted by molar-refractivity contribution is 0.500. The molecular weight excluding hydrogens is 238 g/mol. The fraction of sp³-hybridized carbons (Fsp3) is 0.750. The molecule has 0 amide bonds. The quantitative estimate of drug-likeness (QED) is 0.555. The fourth-order valence-electron chi connectivity index (χ4n) is 2.45. The fourth-order valence-corrected chi connectivity index (χ4v) is 3.53. The summed E-state index contributed by atoms with van der Waals surface area (Å²) in [5, 5.41) is 5.67. The first-order valence-electron chi connectivity index (χ1n) is 7.50. The largest absolute Gasteiger partial charge is 0.312 e. The molecule has 18 heavy (non-hydrogen) atoms. The lowest BCUT2D eigenvalue weighted by atomic mass is 10.0. The van der Waals surface area contributed by atoms with E-state index in [0.717, 1.165) is 0 Å². The van der Waals surface area contributed by atoms with Gasteiger partial charge in [0.1, 0.15) is 0 Å².